The monoisotopic (exact) mass is 418 g/mol. The van der Waals surface area contributed by atoms with Crippen LogP contribution in [0.3, 0.4) is 0 Å². The largest absolute Gasteiger partial charge is 0.337 e. The molecular weight excluding hydrogens is 392 g/mol. The molecule has 5 heteroatoms. The van der Waals surface area contributed by atoms with Crippen molar-refractivity contribution in [1.82, 2.24) is 4.90 Å². The first-order chi connectivity index (χ1) is 14.6. The molecule has 0 unspecified atom stereocenters. The van der Waals surface area contributed by atoms with E-state index < -0.39 is 0 Å². The average molecular weight is 419 g/mol. The van der Waals surface area contributed by atoms with Crippen LogP contribution in [0.1, 0.15) is 39.6 Å². The van der Waals surface area contributed by atoms with Gasteiger partial charge in [0.15, 0.2) is 0 Å². The summed E-state index contributed by atoms with van der Waals surface area (Å²) in [5.74, 6) is 0.604. The van der Waals surface area contributed by atoms with E-state index in [0.29, 0.717) is 23.4 Å². The number of rotatable bonds is 8. The van der Waals surface area contributed by atoms with Crippen LogP contribution in [0, 0.1) is 0 Å². The van der Waals surface area contributed by atoms with Crippen molar-refractivity contribution in [2.75, 3.05) is 18.1 Å². The van der Waals surface area contributed by atoms with Crippen molar-refractivity contribution in [3.05, 3.63) is 95.6 Å². The zero-order valence-electron chi connectivity index (χ0n) is 17.3. The van der Waals surface area contributed by atoms with Gasteiger partial charge in [-0.2, -0.15) is 0 Å². The first-order valence-electron chi connectivity index (χ1n) is 10.0. The molecule has 4 nitrogen and oxygen atoms in total. The van der Waals surface area contributed by atoms with Crippen LogP contribution in [-0.4, -0.2) is 29.5 Å². The van der Waals surface area contributed by atoms with E-state index in [4.69, 9.17) is 0 Å². The molecule has 0 aliphatic heterocycles. The van der Waals surface area contributed by atoms with Gasteiger partial charge in [-0.15, -0.1) is 11.8 Å². The molecule has 0 saturated heterocycles. The summed E-state index contributed by atoms with van der Waals surface area (Å²) in [6, 6.07) is 24.6. The van der Waals surface area contributed by atoms with Crippen LogP contribution >= 0.6 is 11.8 Å². The normalized spacial score (nSPS) is 10.5. The topological polar surface area (TPSA) is 49.4 Å². The van der Waals surface area contributed by atoms with Crippen LogP contribution < -0.4 is 5.32 Å². The predicted octanol–water partition coefficient (Wildman–Crippen LogP) is 5.71. The third-order valence-corrected chi connectivity index (χ3v) is 5.89. The molecule has 0 heterocycles. The molecule has 0 bridgehead atoms. The zero-order valence-corrected chi connectivity index (χ0v) is 18.1. The molecule has 154 valence electrons. The number of nitrogens with zero attached hydrogens (tertiary/aromatic N) is 1. The van der Waals surface area contributed by atoms with E-state index in [1.54, 1.807) is 35.8 Å². The van der Waals surface area contributed by atoms with Gasteiger partial charge < -0.3 is 10.2 Å². The third kappa shape index (κ3) is 5.51. The molecule has 0 aromatic heterocycles. The predicted molar refractivity (Wildman–Crippen MR) is 124 cm³/mol. The molecule has 0 saturated carbocycles. The SMILES string of the molecule is CCCSc1ccccc1C(=O)Nc1ccccc1C(=O)N(C)Cc1ccccc1. The van der Waals surface area contributed by atoms with E-state index in [2.05, 4.69) is 12.2 Å². The molecule has 1 N–H and O–H groups in total. The van der Waals surface area contributed by atoms with Crippen molar-refractivity contribution in [3.63, 3.8) is 0 Å². The Balaban J connectivity index is 1.78. The highest BCUT2D eigenvalue weighted by atomic mass is 32.2. The summed E-state index contributed by atoms with van der Waals surface area (Å²) in [4.78, 5) is 28.7. The van der Waals surface area contributed by atoms with Gasteiger partial charge in [0.1, 0.15) is 0 Å². The quantitative estimate of drug-likeness (QED) is 0.477. The second-order valence-electron chi connectivity index (χ2n) is 6.99. The lowest BCUT2D eigenvalue weighted by atomic mass is 10.1. The summed E-state index contributed by atoms with van der Waals surface area (Å²) in [6.45, 7) is 2.61. The summed E-state index contributed by atoms with van der Waals surface area (Å²) < 4.78 is 0. The van der Waals surface area contributed by atoms with Crippen LogP contribution in [0.15, 0.2) is 83.8 Å². The number of carbonyl (C=O) groups is 2. The minimum atomic E-state index is -0.208. The van der Waals surface area contributed by atoms with Crippen molar-refractivity contribution in [1.29, 1.82) is 0 Å². The Morgan fingerprint density at radius 3 is 2.23 bits per heavy atom. The molecule has 0 atom stereocenters. The summed E-state index contributed by atoms with van der Waals surface area (Å²) in [6.07, 6.45) is 1.03. The molecule has 3 rings (SSSR count). The van der Waals surface area contributed by atoms with E-state index in [1.165, 1.54) is 0 Å². The van der Waals surface area contributed by atoms with Crippen LogP contribution in [0.4, 0.5) is 5.69 Å². The van der Waals surface area contributed by atoms with Crippen molar-refractivity contribution < 1.29 is 9.59 Å². The van der Waals surface area contributed by atoms with Gasteiger partial charge in [0, 0.05) is 18.5 Å². The maximum Gasteiger partial charge on any atom is 0.256 e. The van der Waals surface area contributed by atoms with Gasteiger partial charge in [0.05, 0.1) is 16.8 Å². The molecule has 0 spiro atoms. The number of thioether (sulfide) groups is 1. The number of carbonyl (C=O) groups excluding carboxylic acids is 2. The van der Waals surface area contributed by atoms with Gasteiger partial charge in [-0.3, -0.25) is 9.59 Å². The van der Waals surface area contributed by atoms with Crippen LogP contribution in [0.2, 0.25) is 0 Å². The number of para-hydroxylation sites is 1. The first-order valence-corrected chi connectivity index (χ1v) is 11.0. The van der Waals surface area contributed by atoms with E-state index in [-0.39, 0.29) is 11.8 Å². The Bertz CT molecular complexity index is 1000. The highest BCUT2D eigenvalue weighted by molar-refractivity contribution is 7.99. The molecule has 0 radical (unpaired) electrons. The molecule has 3 aromatic carbocycles. The minimum absolute atomic E-state index is 0.136. The van der Waals surface area contributed by atoms with Crippen molar-refractivity contribution >= 4 is 29.3 Å². The Labute approximate surface area is 182 Å². The number of hydrogen-bond acceptors (Lipinski definition) is 3. The molecule has 0 fully saturated rings. The number of benzene rings is 3. The van der Waals surface area contributed by atoms with E-state index in [9.17, 15) is 9.59 Å². The molecule has 0 aliphatic carbocycles. The fourth-order valence-electron chi connectivity index (χ4n) is 3.10. The lowest BCUT2D eigenvalue weighted by Crippen LogP contribution is -2.27. The molecule has 0 aliphatic rings. The molecular formula is C25H26N2O2S. The van der Waals surface area contributed by atoms with Gasteiger partial charge in [-0.1, -0.05) is 61.5 Å². The zero-order chi connectivity index (χ0) is 21.3. The highest BCUT2D eigenvalue weighted by Gasteiger charge is 2.18. The maximum atomic E-state index is 13.1. The number of nitrogens with one attached hydrogen (secondary N) is 1. The van der Waals surface area contributed by atoms with Crippen LogP contribution in [0.25, 0.3) is 0 Å². The Hall–Kier alpha value is -3.05. The van der Waals surface area contributed by atoms with Gasteiger partial charge >= 0.3 is 0 Å². The van der Waals surface area contributed by atoms with Gasteiger partial charge in [0.25, 0.3) is 11.8 Å². The summed E-state index contributed by atoms with van der Waals surface area (Å²) in [7, 11) is 1.77. The van der Waals surface area contributed by atoms with Crippen LogP contribution in [0.5, 0.6) is 0 Å². The fourth-order valence-corrected chi connectivity index (χ4v) is 4.01. The summed E-state index contributed by atoms with van der Waals surface area (Å²) in [5, 5.41) is 2.94. The van der Waals surface area contributed by atoms with E-state index in [0.717, 1.165) is 22.6 Å². The maximum absolute atomic E-state index is 13.1. The molecule has 30 heavy (non-hydrogen) atoms. The Kier molecular flexibility index (Phi) is 7.69. The van der Waals surface area contributed by atoms with Gasteiger partial charge in [-0.05, 0) is 42.0 Å². The van der Waals surface area contributed by atoms with E-state index in [1.807, 2.05) is 66.7 Å². The summed E-state index contributed by atoms with van der Waals surface area (Å²) in [5.41, 5.74) is 2.67. The lowest BCUT2D eigenvalue weighted by molar-refractivity contribution is 0.0786. The second kappa shape index (κ2) is 10.6. The average Bonchev–Trinajstić information content (AvgIpc) is 2.78. The number of anilines is 1. The van der Waals surface area contributed by atoms with Crippen molar-refractivity contribution in [2.24, 2.45) is 0 Å². The van der Waals surface area contributed by atoms with Gasteiger partial charge in [-0.25, -0.2) is 0 Å². The molecule has 3 aromatic rings. The number of hydrogen-bond donors (Lipinski definition) is 1. The third-order valence-electron chi connectivity index (χ3n) is 4.61. The first kappa shape index (κ1) is 21.7. The Morgan fingerprint density at radius 2 is 1.50 bits per heavy atom. The van der Waals surface area contributed by atoms with Crippen molar-refractivity contribution in [2.45, 2.75) is 24.8 Å². The highest BCUT2D eigenvalue weighted by Crippen LogP contribution is 2.25. The van der Waals surface area contributed by atoms with Crippen LogP contribution in [-0.2, 0) is 6.54 Å². The minimum Gasteiger partial charge on any atom is -0.337 e. The smallest absolute Gasteiger partial charge is 0.256 e. The molecule has 2 amide bonds. The van der Waals surface area contributed by atoms with Gasteiger partial charge in [0.2, 0.25) is 0 Å². The lowest BCUT2D eigenvalue weighted by Gasteiger charge is -2.19. The second-order valence-corrected chi connectivity index (χ2v) is 8.13. The Morgan fingerprint density at radius 1 is 0.867 bits per heavy atom. The standard InChI is InChI=1S/C25H26N2O2S/c1-3-17-30-23-16-10-8-14-21(23)24(28)26-22-15-9-7-13-20(22)25(29)27(2)18-19-11-5-4-6-12-19/h4-16H,3,17-18H2,1-2H3,(H,26,28). The fraction of sp³-hybridized carbons (Fsp3) is 0.200. The van der Waals surface area contributed by atoms with E-state index >= 15 is 0 Å². The van der Waals surface area contributed by atoms with Crippen molar-refractivity contribution in [3.8, 4) is 0 Å². The summed E-state index contributed by atoms with van der Waals surface area (Å²) >= 11 is 1.67. The number of amides is 2.